The quantitative estimate of drug-likeness (QED) is 0.166. The maximum Gasteiger partial charge on any atom is 0.423 e. The SMILES string of the molecule is [C-]#[N+]c1nc(N=NC(C(=O)Nc2ccccc2OC)c2nc3ccccc3c(=O)[nH]2)n(-c2nc3ccccc3s2)c1[N+]#[C-]. The summed E-state index contributed by atoms with van der Waals surface area (Å²) in [5.41, 5.74) is 0.937. The van der Waals surface area contributed by atoms with Crippen LogP contribution in [0.15, 0.2) is 87.8 Å². The summed E-state index contributed by atoms with van der Waals surface area (Å²) in [6, 6.07) is 19.4. The van der Waals surface area contributed by atoms with Gasteiger partial charge in [0.05, 0.1) is 33.9 Å². The van der Waals surface area contributed by atoms with Crippen molar-refractivity contribution in [2.24, 2.45) is 10.2 Å². The molecule has 208 valence electrons. The summed E-state index contributed by atoms with van der Waals surface area (Å²) in [7, 11) is 1.47. The second-order valence-corrected chi connectivity index (χ2v) is 9.87. The van der Waals surface area contributed by atoms with Crippen LogP contribution in [0.5, 0.6) is 5.75 Å². The van der Waals surface area contributed by atoms with Crippen LogP contribution in [0.4, 0.5) is 23.3 Å². The Morgan fingerprint density at radius 1 is 1.00 bits per heavy atom. The number of anilines is 1. The van der Waals surface area contributed by atoms with Gasteiger partial charge in [0.15, 0.2) is 0 Å². The second kappa shape index (κ2) is 11.3. The largest absolute Gasteiger partial charge is 0.495 e. The van der Waals surface area contributed by atoms with Gasteiger partial charge in [0.2, 0.25) is 6.04 Å². The van der Waals surface area contributed by atoms with Crippen molar-refractivity contribution >= 4 is 61.6 Å². The van der Waals surface area contributed by atoms with Gasteiger partial charge in [-0.1, -0.05) is 71.0 Å². The molecular weight excluding hydrogens is 568 g/mol. The van der Waals surface area contributed by atoms with E-state index in [1.54, 1.807) is 48.5 Å². The average molecular weight is 587 g/mol. The number of nitrogens with zero attached hydrogens (tertiary/aromatic N) is 8. The zero-order valence-corrected chi connectivity index (χ0v) is 23.0. The highest BCUT2D eigenvalue weighted by molar-refractivity contribution is 7.20. The van der Waals surface area contributed by atoms with E-state index in [2.05, 4.69) is 45.2 Å². The number of hydrogen-bond acceptors (Lipinski definition) is 9. The van der Waals surface area contributed by atoms with Gasteiger partial charge in [-0.3, -0.25) is 9.59 Å². The van der Waals surface area contributed by atoms with Crippen LogP contribution >= 0.6 is 11.3 Å². The molecule has 6 rings (SSSR count). The Bertz CT molecular complexity index is 2170. The fourth-order valence-corrected chi connectivity index (χ4v) is 5.25. The number of ether oxygens (including phenoxy) is 1. The summed E-state index contributed by atoms with van der Waals surface area (Å²) in [6.45, 7) is 15.3. The molecule has 1 unspecified atom stereocenters. The Labute approximate surface area is 246 Å². The number of hydrogen-bond donors (Lipinski definition) is 2. The lowest BCUT2D eigenvalue weighted by atomic mass is 10.2. The minimum Gasteiger partial charge on any atom is -0.495 e. The van der Waals surface area contributed by atoms with E-state index in [1.165, 1.54) is 23.0 Å². The van der Waals surface area contributed by atoms with Crippen molar-refractivity contribution < 1.29 is 9.53 Å². The lowest BCUT2D eigenvalue weighted by molar-refractivity contribution is -0.117. The number of nitrogens with one attached hydrogen (secondary N) is 2. The Balaban J connectivity index is 1.49. The number of imidazole rings is 1. The van der Waals surface area contributed by atoms with Gasteiger partial charge in [0.25, 0.3) is 28.2 Å². The van der Waals surface area contributed by atoms with Gasteiger partial charge in [0, 0.05) is 0 Å². The fourth-order valence-electron chi connectivity index (χ4n) is 4.29. The minimum atomic E-state index is -1.46. The topological polar surface area (TPSA) is 148 Å². The Kier molecular flexibility index (Phi) is 7.09. The third kappa shape index (κ3) is 5.06. The molecule has 6 aromatic rings. The van der Waals surface area contributed by atoms with Crippen molar-refractivity contribution in [2.45, 2.75) is 6.04 Å². The Morgan fingerprint density at radius 3 is 2.51 bits per heavy atom. The van der Waals surface area contributed by atoms with Gasteiger partial charge in [-0.2, -0.15) is 14.7 Å². The monoisotopic (exact) mass is 586 g/mol. The number of fused-ring (bicyclic) bond motifs is 2. The third-order valence-corrected chi connectivity index (χ3v) is 7.29. The molecule has 0 saturated carbocycles. The number of carbonyl (C=O) groups is 1. The first-order valence-corrected chi connectivity index (χ1v) is 13.4. The number of benzene rings is 3. The van der Waals surface area contributed by atoms with E-state index in [0.29, 0.717) is 33.0 Å². The number of methoxy groups -OCH3 is 1. The van der Waals surface area contributed by atoms with E-state index in [9.17, 15) is 9.59 Å². The number of para-hydroxylation sites is 4. The predicted octanol–water partition coefficient (Wildman–Crippen LogP) is 6.29. The zero-order valence-electron chi connectivity index (χ0n) is 22.2. The molecule has 1 amide bonds. The summed E-state index contributed by atoms with van der Waals surface area (Å²) < 4.78 is 7.52. The van der Waals surface area contributed by atoms with E-state index < -0.39 is 17.5 Å². The zero-order chi connectivity index (χ0) is 29.9. The highest BCUT2D eigenvalue weighted by Crippen LogP contribution is 2.39. The summed E-state index contributed by atoms with van der Waals surface area (Å²) in [5.74, 6) is -0.796. The van der Waals surface area contributed by atoms with Crippen molar-refractivity contribution in [3.8, 4) is 10.9 Å². The first kappa shape index (κ1) is 26.9. The van der Waals surface area contributed by atoms with Crippen molar-refractivity contribution in [2.75, 3.05) is 12.4 Å². The molecule has 2 N–H and O–H groups in total. The van der Waals surface area contributed by atoms with Crippen LogP contribution in [-0.4, -0.2) is 37.5 Å². The molecule has 13 nitrogen and oxygen atoms in total. The van der Waals surface area contributed by atoms with Crippen molar-refractivity contribution in [1.82, 2.24) is 24.5 Å². The summed E-state index contributed by atoms with van der Waals surface area (Å²) in [5, 5.41) is 11.9. The molecule has 0 aliphatic carbocycles. The van der Waals surface area contributed by atoms with Crippen LogP contribution < -0.4 is 15.6 Å². The predicted molar refractivity (Wildman–Crippen MR) is 161 cm³/mol. The third-order valence-electron chi connectivity index (χ3n) is 6.27. The van der Waals surface area contributed by atoms with E-state index >= 15 is 0 Å². The molecule has 1 atom stereocenters. The van der Waals surface area contributed by atoms with Crippen LogP contribution in [0.2, 0.25) is 0 Å². The molecule has 3 aromatic carbocycles. The molecule has 3 aromatic heterocycles. The van der Waals surface area contributed by atoms with Crippen molar-refractivity contribution in [3.63, 3.8) is 0 Å². The fraction of sp³-hybridized carbons (Fsp3) is 0.0690. The van der Waals surface area contributed by atoms with Crippen LogP contribution in [0, 0.1) is 13.1 Å². The number of carbonyl (C=O) groups excluding carboxylic acids is 1. The normalized spacial score (nSPS) is 11.8. The molecule has 0 fully saturated rings. The summed E-state index contributed by atoms with van der Waals surface area (Å²) >= 11 is 1.28. The Hall–Kier alpha value is -6.25. The van der Waals surface area contributed by atoms with Crippen LogP contribution in [0.3, 0.4) is 0 Å². The molecule has 0 aliphatic rings. The molecular formula is C29H18N10O3S. The highest BCUT2D eigenvalue weighted by atomic mass is 32.1. The van der Waals surface area contributed by atoms with E-state index in [4.69, 9.17) is 17.9 Å². The summed E-state index contributed by atoms with van der Waals surface area (Å²) in [6.07, 6.45) is 0. The second-order valence-electron chi connectivity index (χ2n) is 8.86. The first-order valence-electron chi connectivity index (χ1n) is 12.6. The van der Waals surface area contributed by atoms with E-state index in [1.807, 2.05) is 24.3 Å². The molecule has 0 radical (unpaired) electrons. The number of aromatic amines is 1. The molecule has 43 heavy (non-hydrogen) atoms. The average Bonchev–Trinajstić information content (AvgIpc) is 3.62. The Morgan fingerprint density at radius 2 is 1.74 bits per heavy atom. The molecule has 0 bridgehead atoms. The number of H-pyrrole nitrogens is 1. The van der Waals surface area contributed by atoms with Gasteiger partial charge in [-0.15, -0.1) is 0 Å². The van der Waals surface area contributed by atoms with Crippen molar-refractivity contribution in [1.29, 1.82) is 0 Å². The molecule has 3 heterocycles. The standard InChI is InChI=1S/C29H18N10O3S/c1-30-24-25(31-2)39(29-34-19-13-7-9-15-21(19)43-29)28(36-24)38-37-22(27(41)33-18-12-6-8-14-20(18)42-3)23-32-17-11-5-4-10-16(17)26(40)35-23/h4-15,22H,3H3,(H,33,41)(H,32,35,40). The van der Waals surface area contributed by atoms with E-state index in [0.717, 1.165) is 4.70 Å². The molecule has 0 spiro atoms. The number of amides is 1. The van der Waals surface area contributed by atoms with Gasteiger partial charge >= 0.3 is 5.95 Å². The van der Waals surface area contributed by atoms with Crippen molar-refractivity contribution in [3.05, 3.63) is 112 Å². The molecule has 0 aliphatic heterocycles. The van der Waals surface area contributed by atoms with Gasteiger partial charge in [0.1, 0.15) is 11.6 Å². The smallest absolute Gasteiger partial charge is 0.423 e. The summed E-state index contributed by atoms with van der Waals surface area (Å²) in [4.78, 5) is 49.4. The molecule has 14 heteroatoms. The lowest BCUT2D eigenvalue weighted by Gasteiger charge is -2.14. The minimum absolute atomic E-state index is 0.0752. The lowest BCUT2D eigenvalue weighted by Crippen LogP contribution is -2.24. The van der Waals surface area contributed by atoms with Gasteiger partial charge in [-0.05, 0) is 36.4 Å². The number of rotatable bonds is 7. The van der Waals surface area contributed by atoms with Crippen LogP contribution in [0.1, 0.15) is 11.9 Å². The maximum atomic E-state index is 13.7. The highest BCUT2D eigenvalue weighted by Gasteiger charge is 2.29. The van der Waals surface area contributed by atoms with Crippen LogP contribution in [0.25, 0.3) is 35.9 Å². The maximum absolute atomic E-state index is 13.7. The molecule has 0 saturated heterocycles. The first-order chi connectivity index (χ1) is 21.0. The van der Waals surface area contributed by atoms with Gasteiger partial charge < -0.3 is 24.7 Å². The number of thiazole rings is 1. The number of azo groups is 1. The van der Waals surface area contributed by atoms with Gasteiger partial charge in [-0.25, -0.2) is 4.98 Å². The van der Waals surface area contributed by atoms with E-state index in [-0.39, 0.29) is 23.4 Å². The number of aromatic nitrogens is 5. The van der Waals surface area contributed by atoms with Crippen LogP contribution in [-0.2, 0) is 4.79 Å².